The van der Waals surface area contributed by atoms with E-state index in [1.165, 1.54) is 16.2 Å². The number of ether oxygens (including phenoxy) is 1. The molecule has 2 saturated heterocycles. The summed E-state index contributed by atoms with van der Waals surface area (Å²) < 4.78 is 5.45. The van der Waals surface area contributed by atoms with E-state index in [0.29, 0.717) is 6.54 Å². The number of imide groups is 1. The van der Waals surface area contributed by atoms with Crippen LogP contribution in [0.2, 0.25) is 0 Å². The van der Waals surface area contributed by atoms with Crippen LogP contribution in [-0.4, -0.2) is 41.4 Å². The van der Waals surface area contributed by atoms with Crippen LogP contribution in [0.4, 0.5) is 0 Å². The molecule has 2 aliphatic rings. The molecule has 4 rings (SSSR count). The van der Waals surface area contributed by atoms with Gasteiger partial charge in [0, 0.05) is 17.8 Å². The molecular formula is C22H24N2O4S. The van der Waals surface area contributed by atoms with E-state index in [-0.39, 0.29) is 24.8 Å². The van der Waals surface area contributed by atoms with Crippen LogP contribution in [0.15, 0.2) is 47.8 Å². The number of carbonyl (C=O) groups is 3. The van der Waals surface area contributed by atoms with E-state index in [1.807, 2.05) is 47.8 Å². The van der Waals surface area contributed by atoms with Crippen molar-refractivity contribution in [2.45, 2.75) is 31.8 Å². The number of esters is 1. The van der Waals surface area contributed by atoms with Gasteiger partial charge in [-0.3, -0.25) is 24.6 Å². The molecule has 1 N–H and O–H groups in total. The predicted molar refractivity (Wildman–Crippen MR) is 109 cm³/mol. The lowest BCUT2D eigenvalue weighted by molar-refractivity contribution is -0.156. The summed E-state index contributed by atoms with van der Waals surface area (Å²) in [6, 6.07) is 13.0. The summed E-state index contributed by atoms with van der Waals surface area (Å²) >= 11 is 1.52. The zero-order valence-corrected chi connectivity index (χ0v) is 17.3. The third kappa shape index (κ3) is 3.09. The van der Waals surface area contributed by atoms with E-state index in [1.54, 1.807) is 13.8 Å². The Morgan fingerprint density at radius 2 is 1.90 bits per heavy atom. The highest BCUT2D eigenvalue weighted by Gasteiger charge is 2.68. The Bertz CT molecular complexity index is 914. The summed E-state index contributed by atoms with van der Waals surface area (Å²) in [6.45, 7) is 4.04. The summed E-state index contributed by atoms with van der Waals surface area (Å²) in [7, 11) is 0. The van der Waals surface area contributed by atoms with Crippen LogP contribution >= 0.6 is 11.3 Å². The van der Waals surface area contributed by atoms with Gasteiger partial charge >= 0.3 is 5.97 Å². The second kappa shape index (κ2) is 7.72. The lowest BCUT2D eigenvalue weighted by atomic mass is 9.76. The van der Waals surface area contributed by atoms with E-state index in [2.05, 4.69) is 5.32 Å². The number of likely N-dealkylation sites (tertiary alicyclic amines) is 1. The normalized spacial score (nSPS) is 28.6. The molecule has 0 saturated carbocycles. The number of carbonyl (C=O) groups excluding carboxylic acids is 3. The molecule has 2 amide bonds. The van der Waals surface area contributed by atoms with Crippen LogP contribution < -0.4 is 5.32 Å². The van der Waals surface area contributed by atoms with Crippen molar-refractivity contribution in [2.24, 2.45) is 11.8 Å². The molecule has 3 heterocycles. The van der Waals surface area contributed by atoms with E-state index in [0.717, 1.165) is 10.4 Å². The molecular weight excluding hydrogens is 388 g/mol. The molecule has 6 nitrogen and oxygen atoms in total. The van der Waals surface area contributed by atoms with E-state index in [4.69, 9.17) is 4.74 Å². The minimum Gasteiger partial charge on any atom is -0.465 e. The van der Waals surface area contributed by atoms with Gasteiger partial charge in [0.25, 0.3) is 0 Å². The highest BCUT2D eigenvalue weighted by molar-refractivity contribution is 7.10. The van der Waals surface area contributed by atoms with E-state index < -0.39 is 29.4 Å². The minimum absolute atomic E-state index is 0.206. The third-order valence-electron chi connectivity index (χ3n) is 5.88. The lowest BCUT2D eigenvalue weighted by Crippen LogP contribution is -2.58. The van der Waals surface area contributed by atoms with Crippen molar-refractivity contribution < 1.29 is 19.1 Å². The third-order valence-corrected chi connectivity index (χ3v) is 6.83. The number of nitrogens with one attached hydrogen (secondary N) is 1. The molecule has 29 heavy (non-hydrogen) atoms. The van der Waals surface area contributed by atoms with Crippen LogP contribution in [0.3, 0.4) is 0 Å². The maximum absolute atomic E-state index is 13.3. The minimum atomic E-state index is -1.28. The van der Waals surface area contributed by atoms with Gasteiger partial charge in [0.2, 0.25) is 11.8 Å². The van der Waals surface area contributed by atoms with Gasteiger partial charge in [0.05, 0.1) is 24.5 Å². The summed E-state index contributed by atoms with van der Waals surface area (Å²) in [5.74, 6) is -2.39. The molecule has 1 aromatic heterocycles. The fraction of sp³-hybridized carbons (Fsp3) is 0.409. The topological polar surface area (TPSA) is 75.7 Å². The molecule has 2 aromatic rings. The maximum Gasteiger partial charge on any atom is 0.327 e. The first kappa shape index (κ1) is 19.8. The van der Waals surface area contributed by atoms with Crippen LogP contribution in [0.25, 0.3) is 0 Å². The molecule has 0 spiro atoms. The van der Waals surface area contributed by atoms with Crippen LogP contribution in [-0.2, 0) is 25.5 Å². The summed E-state index contributed by atoms with van der Waals surface area (Å²) in [6.07, 6.45) is 0.284. The van der Waals surface area contributed by atoms with Gasteiger partial charge in [-0.2, -0.15) is 0 Å². The fourth-order valence-corrected chi connectivity index (χ4v) is 5.51. The second-order valence-electron chi connectivity index (χ2n) is 7.42. The van der Waals surface area contributed by atoms with Crippen molar-refractivity contribution >= 4 is 29.1 Å². The molecule has 0 radical (unpaired) electrons. The molecule has 1 aromatic carbocycles. The number of rotatable bonds is 6. The van der Waals surface area contributed by atoms with Gasteiger partial charge in [-0.25, -0.2) is 0 Å². The Labute approximate surface area is 173 Å². The molecule has 2 aliphatic heterocycles. The van der Waals surface area contributed by atoms with Crippen molar-refractivity contribution in [2.75, 3.05) is 13.2 Å². The summed E-state index contributed by atoms with van der Waals surface area (Å²) in [4.78, 5) is 42.0. The Kier molecular flexibility index (Phi) is 5.27. The highest BCUT2D eigenvalue weighted by atomic mass is 32.1. The van der Waals surface area contributed by atoms with Crippen LogP contribution in [0.5, 0.6) is 0 Å². The maximum atomic E-state index is 13.3. The number of benzene rings is 1. The van der Waals surface area contributed by atoms with Crippen molar-refractivity contribution in [3.63, 3.8) is 0 Å². The first-order valence-corrected chi connectivity index (χ1v) is 10.8. The number of fused-ring (bicyclic) bond motifs is 1. The van der Waals surface area contributed by atoms with Crippen LogP contribution in [0.1, 0.15) is 30.3 Å². The van der Waals surface area contributed by atoms with Gasteiger partial charge < -0.3 is 4.74 Å². The Balaban J connectivity index is 1.85. The first-order chi connectivity index (χ1) is 14.0. The SMILES string of the molecule is CCOC(=O)[C@]1(Cc2ccccc2)N[C@@H](c2cccs2)[C@@H]2C(=O)N(CC)C(=O)[C@H]21. The van der Waals surface area contributed by atoms with Crippen molar-refractivity contribution in [3.8, 4) is 0 Å². The molecule has 152 valence electrons. The molecule has 7 heteroatoms. The van der Waals surface area contributed by atoms with Crippen molar-refractivity contribution in [1.29, 1.82) is 0 Å². The van der Waals surface area contributed by atoms with Gasteiger partial charge in [0.1, 0.15) is 5.54 Å². The average molecular weight is 413 g/mol. The highest BCUT2D eigenvalue weighted by Crippen LogP contribution is 2.51. The standard InChI is InChI=1S/C22H24N2O4S/c1-3-24-19(25)16-17(20(24)26)22(21(27)28-4-2,13-14-9-6-5-7-10-14)23-18(16)15-11-8-12-29-15/h5-12,16-18,23H,3-4,13H2,1-2H3/t16-,17+,18+,22-/m1/s1. The molecule has 4 atom stereocenters. The first-order valence-electron chi connectivity index (χ1n) is 9.91. The number of thiophene rings is 1. The van der Waals surface area contributed by atoms with Gasteiger partial charge in [-0.1, -0.05) is 36.4 Å². The quantitative estimate of drug-likeness (QED) is 0.583. The van der Waals surface area contributed by atoms with Crippen molar-refractivity contribution in [3.05, 3.63) is 58.3 Å². The van der Waals surface area contributed by atoms with E-state index in [9.17, 15) is 14.4 Å². The zero-order valence-electron chi connectivity index (χ0n) is 16.5. The van der Waals surface area contributed by atoms with E-state index >= 15 is 0 Å². The molecule has 0 unspecified atom stereocenters. The number of hydrogen-bond donors (Lipinski definition) is 1. The Morgan fingerprint density at radius 3 is 2.52 bits per heavy atom. The number of amides is 2. The number of hydrogen-bond acceptors (Lipinski definition) is 6. The monoisotopic (exact) mass is 412 g/mol. The van der Waals surface area contributed by atoms with Crippen LogP contribution in [0, 0.1) is 11.8 Å². The summed E-state index contributed by atoms with van der Waals surface area (Å²) in [5.41, 5.74) is -0.373. The largest absolute Gasteiger partial charge is 0.465 e. The number of nitrogens with zero attached hydrogens (tertiary/aromatic N) is 1. The zero-order chi connectivity index (χ0) is 20.6. The molecule has 0 bridgehead atoms. The molecule has 0 aliphatic carbocycles. The smallest absolute Gasteiger partial charge is 0.327 e. The Morgan fingerprint density at radius 1 is 1.14 bits per heavy atom. The Hall–Kier alpha value is -2.51. The summed E-state index contributed by atoms with van der Waals surface area (Å²) in [5, 5.41) is 5.35. The van der Waals surface area contributed by atoms with Gasteiger partial charge in [-0.05, 0) is 30.9 Å². The fourth-order valence-electron chi connectivity index (χ4n) is 4.69. The van der Waals surface area contributed by atoms with Gasteiger partial charge in [-0.15, -0.1) is 11.3 Å². The average Bonchev–Trinajstić information content (AvgIpc) is 3.41. The lowest BCUT2D eigenvalue weighted by Gasteiger charge is -2.32. The predicted octanol–water partition coefficient (Wildman–Crippen LogP) is 2.56. The van der Waals surface area contributed by atoms with Gasteiger partial charge in [0.15, 0.2) is 0 Å². The molecule has 2 fully saturated rings. The van der Waals surface area contributed by atoms with Crippen molar-refractivity contribution in [1.82, 2.24) is 10.2 Å². The second-order valence-corrected chi connectivity index (χ2v) is 8.40.